The third-order valence-corrected chi connectivity index (χ3v) is 7.63. The summed E-state index contributed by atoms with van der Waals surface area (Å²) in [5, 5.41) is 0. The zero-order valence-electron chi connectivity index (χ0n) is 23.7. The largest absolute Gasteiger partial charge is 0.488 e. The molecule has 3 aliphatic rings. The van der Waals surface area contributed by atoms with Crippen LogP contribution in [0, 0.1) is 5.92 Å². The number of fused-ring (bicyclic) bond motifs is 4. The molecule has 1 amide bonds. The van der Waals surface area contributed by atoms with Crippen molar-refractivity contribution in [1.29, 1.82) is 0 Å². The summed E-state index contributed by atoms with van der Waals surface area (Å²) < 4.78 is 22.8. The van der Waals surface area contributed by atoms with E-state index in [-0.39, 0.29) is 24.1 Å². The van der Waals surface area contributed by atoms with Crippen LogP contribution >= 0.6 is 0 Å². The maximum Gasteiger partial charge on any atom is 0.410 e. The lowest BCUT2D eigenvalue weighted by molar-refractivity contribution is 0.0195. The van der Waals surface area contributed by atoms with E-state index in [1.807, 2.05) is 39.0 Å². The lowest BCUT2D eigenvalue weighted by Gasteiger charge is -2.29. The molecule has 8 nitrogen and oxygen atoms in total. The molecule has 1 aliphatic carbocycles. The van der Waals surface area contributed by atoms with Gasteiger partial charge in [-0.05, 0) is 74.9 Å². The zero-order chi connectivity index (χ0) is 28.6. The lowest BCUT2D eigenvalue weighted by atomic mass is 9.86. The molecule has 2 aromatic rings. The first-order valence-corrected chi connectivity index (χ1v) is 13.8. The van der Waals surface area contributed by atoms with Crippen molar-refractivity contribution >= 4 is 17.7 Å². The van der Waals surface area contributed by atoms with Crippen molar-refractivity contribution in [2.75, 3.05) is 26.9 Å². The van der Waals surface area contributed by atoms with E-state index in [4.69, 9.17) is 18.9 Å². The Bertz CT molecular complexity index is 1360. The van der Waals surface area contributed by atoms with Crippen LogP contribution in [-0.2, 0) is 27.2 Å². The van der Waals surface area contributed by atoms with Crippen molar-refractivity contribution in [3.8, 4) is 16.9 Å². The normalized spacial score (nSPS) is 19.7. The Morgan fingerprint density at radius 3 is 2.62 bits per heavy atom. The van der Waals surface area contributed by atoms with Crippen LogP contribution in [0.15, 0.2) is 42.7 Å². The van der Waals surface area contributed by atoms with Gasteiger partial charge in [0, 0.05) is 42.7 Å². The third kappa shape index (κ3) is 5.77. The van der Waals surface area contributed by atoms with Crippen LogP contribution in [0.1, 0.15) is 71.9 Å². The summed E-state index contributed by atoms with van der Waals surface area (Å²) in [5.41, 5.74) is 4.57. The standard InChI is InChI=1S/C32H37NO7/c1-19(27-11-20(16-37-5)15-33(27)31(36)40-32(2,3)4)38-18-29(35)22-9-10-24-23(12-22)17-39-30-14-25-21(13-26(24)30)7-6-8-28(25)34/h9-10,12-14,20,27H,1,6-8,11,15-18H2,2-5H3/t20-,27-/m0/s1. The summed E-state index contributed by atoms with van der Waals surface area (Å²) >= 11 is 0. The van der Waals surface area contributed by atoms with Gasteiger partial charge in [0.25, 0.3) is 0 Å². The summed E-state index contributed by atoms with van der Waals surface area (Å²) in [6.07, 6.45) is 2.49. The quantitative estimate of drug-likeness (QED) is 0.322. The lowest BCUT2D eigenvalue weighted by Crippen LogP contribution is -2.41. The summed E-state index contributed by atoms with van der Waals surface area (Å²) in [5.74, 6) is 1.15. The van der Waals surface area contributed by atoms with E-state index in [0.717, 1.165) is 40.7 Å². The first kappa shape index (κ1) is 27.9. The number of methoxy groups -OCH3 is 1. The summed E-state index contributed by atoms with van der Waals surface area (Å²) in [6.45, 7) is 10.6. The van der Waals surface area contributed by atoms with E-state index in [9.17, 15) is 14.4 Å². The molecule has 0 N–H and O–H groups in total. The maximum absolute atomic E-state index is 13.1. The predicted octanol–water partition coefficient (Wildman–Crippen LogP) is 5.75. The van der Waals surface area contributed by atoms with Gasteiger partial charge < -0.3 is 18.9 Å². The SMILES string of the molecule is C=C(OCC(=O)c1ccc2c(c1)COc1cc3c(cc1-2)CCCC3=O)[C@@H]1C[C@H](COC)CN1C(=O)OC(C)(C)C. The van der Waals surface area contributed by atoms with E-state index >= 15 is 0 Å². The Balaban J connectivity index is 1.27. The highest BCUT2D eigenvalue weighted by Crippen LogP contribution is 2.41. The number of carbonyl (C=O) groups is 3. The number of aryl methyl sites for hydroxylation is 1. The average molecular weight is 548 g/mol. The Labute approximate surface area is 235 Å². The number of rotatable bonds is 7. The van der Waals surface area contributed by atoms with Crippen molar-refractivity contribution in [2.45, 2.75) is 64.7 Å². The zero-order valence-corrected chi connectivity index (χ0v) is 23.7. The molecule has 8 heteroatoms. The van der Waals surface area contributed by atoms with Crippen molar-refractivity contribution in [3.63, 3.8) is 0 Å². The molecule has 0 bridgehead atoms. The van der Waals surface area contributed by atoms with Gasteiger partial charge in [-0.15, -0.1) is 0 Å². The number of Topliss-reactive ketones (excluding diaryl/α,β-unsaturated/α-hetero) is 2. The summed E-state index contributed by atoms with van der Waals surface area (Å²) in [4.78, 5) is 40.0. The van der Waals surface area contributed by atoms with Crippen molar-refractivity contribution in [3.05, 3.63) is 64.9 Å². The molecule has 0 spiro atoms. The van der Waals surface area contributed by atoms with Crippen LogP contribution in [-0.4, -0.2) is 61.1 Å². The molecule has 5 rings (SSSR count). The molecule has 0 saturated carbocycles. The summed E-state index contributed by atoms with van der Waals surface area (Å²) in [6, 6.07) is 9.09. The highest BCUT2D eigenvalue weighted by atomic mass is 16.6. The molecule has 2 atom stereocenters. The van der Waals surface area contributed by atoms with E-state index in [1.165, 1.54) is 0 Å². The van der Waals surface area contributed by atoms with Crippen molar-refractivity contribution in [2.24, 2.45) is 5.92 Å². The summed E-state index contributed by atoms with van der Waals surface area (Å²) in [7, 11) is 1.63. The fraction of sp³-hybridized carbons (Fsp3) is 0.469. The molecule has 1 fully saturated rings. The molecule has 0 aromatic heterocycles. The molecule has 1 saturated heterocycles. The van der Waals surface area contributed by atoms with Gasteiger partial charge in [0.2, 0.25) is 0 Å². The van der Waals surface area contributed by atoms with Crippen LogP contribution in [0.3, 0.4) is 0 Å². The highest BCUT2D eigenvalue weighted by Gasteiger charge is 2.40. The van der Waals surface area contributed by atoms with Gasteiger partial charge in [-0.1, -0.05) is 18.7 Å². The minimum absolute atomic E-state index is 0.117. The van der Waals surface area contributed by atoms with Crippen molar-refractivity contribution < 1.29 is 33.3 Å². The second-order valence-electron chi connectivity index (χ2n) is 11.8. The highest BCUT2D eigenvalue weighted by molar-refractivity contribution is 6.01. The van der Waals surface area contributed by atoms with Crippen LogP contribution in [0.4, 0.5) is 4.79 Å². The molecule has 2 aromatic carbocycles. The van der Waals surface area contributed by atoms with Gasteiger partial charge >= 0.3 is 6.09 Å². The smallest absolute Gasteiger partial charge is 0.410 e. The Kier molecular flexibility index (Phi) is 7.73. The molecular weight excluding hydrogens is 510 g/mol. The first-order valence-electron chi connectivity index (χ1n) is 13.8. The molecular formula is C32H37NO7. The predicted molar refractivity (Wildman–Crippen MR) is 150 cm³/mol. The van der Waals surface area contributed by atoms with Gasteiger partial charge in [0.1, 0.15) is 23.7 Å². The van der Waals surface area contributed by atoms with Crippen LogP contribution < -0.4 is 4.74 Å². The fourth-order valence-corrected chi connectivity index (χ4v) is 5.74. The molecule has 2 aliphatic heterocycles. The van der Waals surface area contributed by atoms with Gasteiger partial charge in [0.05, 0.1) is 12.6 Å². The Morgan fingerprint density at radius 2 is 1.88 bits per heavy atom. The molecule has 212 valence electrons. The number of nitrogens with zero attached hydrogens (tertiary/aromatic N) is 1. The second kappa shape index (κ2) is 11.1. The maximum atomic E-state index is 13.1. The van der Waals surface area contributed by atoms with Crippen molar-refractivity contribution in [1.82, 2.24) is 4.90 Å². The second-order valence-corrected chi connectivity index (χ2v) is 11.8. The van der Waals surface area contributed by atoms with Gasteiger partial charge in [-0.25, -0.2) is 4.79 Å². The molecule has 40 heavy (non-hydrogen) atoms. The van der Waals surface area contributed by atoms with E-state index in [0.29, 0.717) is 49.7 Å². The number of hydrogen-bond acceptors (Lipinski definition) is 7. The third-order valence-electron chi connectivity index (χ3n) is 7.63. The molecule has 2 heterocycles. The van der Waals surface area contributed by atoms with Crippen LogP contribution in [0.25, 0.3) is 11.1 Å². The van der Waals surface area contributed by atoms with Crippen LogP contribution in [0.2, 0.25) is 0 Å². The fourth-order valence-electron chi connectivity index (χ4n) is 5.74. The monoisotopic (exact) mass is 547 g/mol. The first-order chi connectivity index (χ1) is 19.0. The van der Waals surface area contributed by atoms with E-state index < -0.39 is 17.7 Å². The average Bonchev–Trinajstić information content (AvgIpc) is 3.34. The number of hydrogen-bond donors (Lipinski definition) is 0. The Hall–Kier alpha value is -3.65. The molecule has 0 unspecified atom stereocenters. The number of ketones is 2. The van der Waals surface area contributed by atoms with E-state index in [1.54, 1.807) is 18.1 Å². The van der Waals surface area contributed by atoms with Gasteiger partial charge in [-0.2, -0.15) is 0 Å². The minimum Gasteiger partial charge on any atom is -0.488 e. The number of likely N-dealkylation sites (tertiary alicyclic amines) is 1. The molecule has 0 radical (unpaired) electrons. The Morgan fingerprint density at radius 1 is 1.07 bits per heavy atom. The topological polar surface area (TPSA) is 91.4 Å². The van der Waals surface area contributed by atoms with Gasteiger partial charge in [0.15, 0.2) is 18.2 Å². The van der Waals surface area contributed by atoms with Crippen LogP contribution in [0.5, 0.6) is 5.75 Å². The minimum atomic E-state index is -0.632. The van der Waals surface area contributed by atoms with E-state index in [2.05, 4.69) is 12.6 Å². The number of carbonyl (C=O) groups excluding carboxylic acids is 3. The number of amides is 1. The number of ether oxygens (including phenoxy) is 4. The number of benzene rings is 2. The van der Waals surface area contributed by atoms with Gasteiger partial charge in [-0.3, -0.25) is 14.5 Å².